The number of aryl methyl sites for hydroxylation is 2. The van der Waals surface area contributed by atoms with Gasteiger partial charge in [-0.25, -0.2) is 4.79 Å². The van der Waals surface area contributed by atoms with E-state index in [0.717, 1.165) is 40.7 Å². The van der Waals surface area contributed by atoms with Crippen LogP contribution in [0.25, 0.3) is 5.57 Å². The number of carboxylic acid groups (broad SMARTS) is 1. The lowest BCUT2D eigenvalue weighted by Crippen LogP contribution is -2.63. The van der Waals surface area contributed by atoms with E-state index in [4.69, 9.17) is 30.5 Å². The van der Waals surface area contributed by atoms with Crippen LogP contribution in [0.5, 0.6) is 23.0 Å². The molecule has 254 valence electrons. The van der Waals surface area contributed by atoms with E-state index in [0.29, 0.717) is 72.9 Å². The summed E-state index contributed by atoms with van der Waals surface area (Å²) in [5, 5.41) is 14.2. The molecule has 2 heterocycles. The summed E-state index contributed by atoms with van der Waals surface area (Å²) >= 11 is 6.34. The Bertz CT molecular complexity index is 1680. The van der Waals surface area contributed by atoms with Crippen molar-refractivity contribution in [1.29, 1.82) is 0 Å². The Hall–Kier alpha value is -4.41. The molecule has 3 aliphatic rings. The van der Waals surface area contributed by atoms with Crippen LogP contribution in [-0.2, 0) is 11.3 Å². The Kier molecular flexibility index (Phi) is 10.0. The minimum absolute atomic E-state index is 0.0766. The number of methoxy groups -OCH3 is 2. The van der Waals surface area contributed by atoms with Gasteiger partial charge in [-0.2, -0.15) is 0 Å². The molecule has 2 fully saturated rings. The molecule has 6 rings (SSSR count). The third kappa shape index (κ3) is 7.19. The van der Waals surface area contributed by atoms with E-state index < -0.39 is 12.1 Å². The van der Waals surface area contributed by atoms with Gasteiger partial charge in [-0.15, -0.1) is 0 Å². The van der Waals surface area contributed by atoms with E-state index >= 15 is 0 Å². The van der Waals surface area contributed by atoms with Crippen LogP contribution in [0, 0.1) is 13.8 Å². The van der Waals surface area contributed by atoms with Gasteiger partial charge in [0, 0.05) is 37.3 Å². The van der Waals surface area contributed by atoms with Crippen LogP contribution in [0.2, 0.25) is 5.02 Å². The number of amides is 2. The molecule has 0 spiro atoms. The number of ether oxygens (including phenoxy) is 4. The molecule has 10 nitrogen and oxygen atoms in total. The lowest BCUT2D eigenvalue weighted by atomic mass is 9.82. The van der Waals surface area contributed by atoms with Crippen molar-refractivity contribution in [1.82, 2.24) is 15.1 Å². The Morgan fingerprint density at radius 2 is 1.58 bits per heavy atom. The molecule has 2 atom stereocenters. The van der Waals surface area contributed by atoms with Crippen LogP contribution in [0.15, 0.2) is 60.2 Å². The third-order valence-electron chi connectivity index (χ3n) is 9.37. The number of carbonyl (C=O) groups is 2. The van der Waals surface area contributed by atoms with Crippen LogP contribution >= 0.6 is 11.6 Å². The number of piperazine rings is 1. The maximum absolute atomic E-state index is 14.7. The number of rotatable bonds is 12. The summed E-state index contributed by atoms with van der Waals surface area (Å²) in [5.74, 6) is 2.43. The van der Waals surface area contributed by atoms with Gasteiger partial charge in [-0.3, -0.25) is 9.69 Å². The molecule has 48 heavy (non-hydrogen) atoms. The van der Waals surface area contributed by atoms with Crippen molar-refractivity contribution in [2.75, 3.05) is 40.5 Å². The summed E-state index contributed by atoms with van der Waals surface area (Å²) in [4.78, 5) is 30.6. The number of benzene rings is 3. The van der Waals surface area contributed by atoms with Crippen molar-refractivity contribution in [3.8, 4) is 23.0 Å². The minimum atomic E-state index is -1.01. The van der Waals surface area contributed by atoms with Crippen molar-refractivity contribution in [3.05, 3.63) is 87.4 Å². The number of carbonyl (C=O) groups excluding carboxylic acids is 1. The lowest BCUT2D eigenvalue weighted by Gasteiger charge is -2.47. The molecule has 1 saturated carbocycles. The zero-order valence-electron chi connectivity index (χ0n) is 27.8. The molecule has 2 aliphatic heterocycles. The fourth-order valence-electron chi connectivity index (χ4n) is 6.62. The number of hydrogen-bond donors (Lipinski definition) is 2. The molecular weight excluding hydrogens is 634 g/mol. The highest BCUT2D eigenvalue weighted by Gasteiger charge is 2.46. The first kappa shape index (κ1) is 33.5. The second-order valence-electron chi connectivity index (χ2n) is 12.6. The highest BCUT2D eigenvalue weighted by molar-refractivity contribution is 6.32. The minimum Gasteiger partial charge on any atom is -0.497 e. The molecule has 1 aliphatic carbocycles. The van der Waals surface area contributed by atoms with Gasteiger partial charge in [-0.05, 0) is 97.3 Å². The summed E-state index contributed by atoms with van der Waals surface area (Å²) in [7, 11) is 3.20. The normalized spacial score (nSPS) is 18.7. The summed E-state index contributed by atoms with van der Waals surface area (Å²) in [6.07, 6.45) is 1.21. The van der Waals surface area contributed by atoms with Crippen LogP contribution in [-0.4, -0.2) is 85.6 Å². The molecule has 11 heteroatoms. The van der Waals surface area contributed by atoms with E-state index in [-0.39, 0.29) is 18.0 Å². The van der Waals surface area contributed by atoms with Gasteiger partial charge in [0.25, 0.3) is 5.91 Å². The maximum Gasteiger partial charge on any atom is 0.408 e. The Balaban J connectivity index is 1.25. The Morgan fingerprint density at radius 1 is 0.917 bits per heavy atom. The largest absolute Gasteiger partial charge is 0.497 e. The second kappa shape index (κ2) is 14.4. The van der Waals surface area contributed by atoms with Gasteiger partial charge >= 0.3 is 6.09 Å². The number of hydrogen-bond acceptors (Lipinski definition) is 7. The fraction of sp³-hybridized carbons (Fsp3) is 0.405. The molecule has 2 N–H and O–H groups in total. The van der Waals surface area contributed by atoms with Crippen LogP contribution < -0.4 is 24.3 Å². The number of halogens is 1. The molecule has 0 aromatic heterocycles. The van der Waals surface area contributed by atoms with Crippen molar-refractivity contribution < 1.29 is 33.6 Å². The predicted molar refractivity (Wildman–Crippen MR) is 183 cm³/mol. The zero-order valence-corrected chi connectivity index (χ0v) is 28.5. The van der Waals surface area contributed by atoms with Crippen LogP contribution in [0.1, 0.15) is 41.5 Å². The van der Waals surface area contributed by atoms with Gasteiger partial charge in [0.05, 0.1) is 31.3 Å². The molecule has 0 radical (unpaired) electrons. The first-order valence-electron chi connectivity index (χ1n) is 16.3. The predicted octanol–water partition coefficient (Wildman–Crippen LogP) is 6.10. The third-order valence-corrected chi connectivity index (χ3v) is 9.66. The van der Waals surface area contributed by atoms with Crippen LogP contribution in [0.4, 0.5) is 4.79 Å². The number of nitrogens with one attached hydrogen (secondary N) is 1. The van der Waals surface area contributed by atoms with Gasteiger partial charge < -0.3 is 34.3 Å². The smallest absolute Gasteiger partial charge is 0.408 e. The Labute approximate surface area is 286 Å². The average molecular weight is 676 g/mol. The van der Waals surface area contributed by atoms with E-state index in [2.05, 4.69) is 5.32 Å². The van der Waals surface area contributed by atoms with Crippen molar-refractivity contribution in [2.24, 2.45) is 0 Å². The molecule has 0 unspecified atom stereocenters. The first-order chi connectivity index (χ1) is 23.2. The van der Waals surface area contributed by atoms with E-state index in [1.165, 1.54) is 4.90 Å². The summed E-state index contributed by atoms with van der Waals surface area (Å²) in [6, 6.07) is 16.3. The van der Waals surface area contributed by atoms with Crippen molar-refractivity contribution in [2.45, 2.75) is 57.8 Å². The lowest BCUT2D eigenvalue weighted by molar-refractivity contribution is -0.129. The highest BCUT2D eigenvalue weighted by Crippen LogP contribution is 2.40. The van der Waals surface area contributed by atoms with E-state index in [9.17, 15) is 14.7 Å². The standard InChI is InChI=1S/C37H42ClN3O7/c1-22-13-32(38)34(14-23(22)2)48-12-11-47-28-9-5-25(6-10-28)31-17-27-19-39-20-33(41(27)37(43)44)35(31)36(42)40(26-7-8-26)21-24-15-29(45-3)18-30(16-24)46-4/h5-6,9-10,13-16,18,26-27,33,39H,7-8,11-12,17,19-21H2,1-4H3,(H,43,44)/t27-,33-/m1/s1. The fourth-order valence-corrected chi connectivity index (χ4v) is 6.89. The topological polar surface area (TPSA) is 110 Å². The van der Waals surface area contributed by atoms with Gasteiger partial charge in [0.2, 0.25) is 0 Å². The highest BCUT2D eigenvalue weighted by atomic mass is 35.5. The zero-order chi connectivity index (χ0) is 33.9. The summed E-state index contributed by atoms with van der Waals surface area (Å²) < 4.78 is 22.8. The second-order valence-corrected chi connectivity index (χ2v) is 13.0. The quantitative estimate of drug-likeness (QED) is 0.222. The Morgan fingerprint density at radius 3 is 2.23 bits per heavy atom. The van der Waals surface area contributed by atoms with Gasteiger partial charge in [0.1, 0.15) is 36.2 Å². The van der Waals surface area contributed by atoms with E-state index in [1.54, 1.807) is 20.3 Å². The number of fused-ring (bicyclic) bond motifs is 2. The van der Waals surface area contributed by atoms with Crippen molar-refractivity contribution >= 4 is 29.2 Å². The molecule has 3 aromatic rings. The number of nitrogens with zero attached hydrogens (tertiary/aromatic N) is 2. The van der Waals surface area contributed by atoms with Crippen molar-refractivity contribution in [3.63, 3.8) is 0 Å². The van der Waals surface area contributed by atoms with E-state index in [1.807, 2.05) is 67.3 Å². The molecule has 3 aromatic carbocycles. The first-order valence-corrected chi connectivity index (χ1v) is 16.6. The summed E-state index contributed by atoms with van der Waals surface area (Å²) in [5.41, 5.74) is 5.37. The summed E-state index contributed by atoms with van der Waals surface area (Å²) in [6.45, 7) is 5.91. The SMILES string of the molecule is COc1cc(CN(C(=O)C2=C(c3ccc(OCCOc4cc(C)c(C)cc4Cl)cc3)C[C@@H]3CNC[C@H]2N3C(=O)O)C2CC2)cc(OC)c1. The average Bonchev–Trinajstić information content (AvgIpc) is 3.92. The molecule has 2 amide bonds. The van der Waals surface area contributed by atoms with Gasteiger partial charge in [0.15, 0.2) is 0 Å². The molecular formula is C37H42ClN3O7. The van der Waals surface area contributed by atoms with Gasteiger partial charge in [-0.1, -0.05) is 23.7 Å². The maximum atomic E-state index is 14.7. The molecule has 2 bridgehead atoms. The van der Waals surface area contributed by atoms with Crippen LogP contribution in [0.3, 0.4) is 0 Å². The molecule has 1 saturated heterocycles. The monoisotopic (exact) mass is 675 g/mol.